The van der Waals surface area contributed by atoms with E-state index in [9.17, 15) is 14.4 Å². The first-order valence-corrected chi connectivity index (χ1v) is 24.5. The Morgan fingerprint density at radius 2 is 0.684 bits per heavy atom. The van der Waals surface area contributed by atoms with Crippen molar-refractivity contribution in [2.24, 2.45) is 0 Å². The lowest BCUT2D eigenvalue weighted by molar-refractivity contribution is -0.167. The highest BCUT2D eigenvalue weighted by Crippen LogP contribution is 2.15. The molecule has 0 N–H and O–H groups in total. The molecule has 0 heterocycles. The molecule has 1 unspecified atom stereocenters. The maximum absolute atomic E-state index is 12.7. The van der Waals surface area contributed by atoms with Crippen molar-refractivity contribution < 1.29 is 28.6 Å². The number of esters is 3. The van der Waals surface area contributed by atoms with Crippen molar-refractivity contribution in [3.8, 4) is 0 Å². The van der Waals surface area contributed by atoms with Crippen molar-refractivity contribution in [3.63, 3.8) is 0 Å². The second-order valence-corrected chi connectivity index (χ2v) is 16.3. The number of rotatable bonds is 44. The van der Waals surface area contributed by atoms with E-state index in [-0.39, 0.29) is 31.1 Å². The van der Waals surface area contributed by atoms with E-state index in [1.807, 2.05) is 0 Å². The van der Waals surface area contributed by atoms with Crippen LogP contribution in [-0.2, 0) is 28.6 Å². The fourth-order valence-electron chi connectivity index (χ4n) is 6.94. The lowest BCUT2D eigenvalue weighted by Crippen LogP contribution is -2.30. The summed E-state index contributed by atoms with van der Waals surface area (Å²) in [4.78, 5) is 37.8. The van der Waals surface area contributed by atoms with Crippen LogP contribution in [0.15, 0.2) is 36.5 Å². The Morgan fingerprint density at radius 3 is 1.07 bits per heavy atom. The molecule has 0 aromatic heterocycles. The molecule has 332 valence electrons. The summed E-state index contributed by atoms with van der Waals surface area (Å²) in [5, 5.41) is 0. The van der Waals surface area contributed by atoms with Gasteiger partial charge in [0.05, 0.1) is 0 Å². The summed E-state index contributed by atoms with van der Waals surface area (Å²) in [5.74, 6) is -0.893. The smallest absolute Gasteiger partial charge is 0.306 e. The first kappa shape index (κ1) is 54.6. The monoisotopic (exact) mass is 801 g/mol. The average molecular weight is 801 g/mol. The van der Waals surface area contributed by atoms with Crippen LogP contribution in [0, 0.1) is 0 Å². The molecule has 0 bridgehead atoms. The molecule has 6 nitrogen and oxygen atoms in total. The largest absolute Gasteiger partial charge is 0.462 e. The van der Waals surface area contributed by atoms with Crippen molar-refractivity contribution in [2.75, 3.05) is 13.2 Å². The third kappa shape index (κ3) is 44.6. The van der Waals surface area contributed by atoms with Gasteiger partial charge < -0.3 is 14.2 Å². The van der Waals surface area contributed by atoms with Crippen LogP contribution in [0.5, 0.6) is 0 Å². The number of hydrogen-bond acceptors (Lipinski definition) is 6. The molecule has 57 heavy (non-hydrogen) atoms. The first-order valence-electron chi connectivity index (χ1n) is 24.5. The van der Waals surface area contributed by atoms with Gasteiger partial charge in [0.15, 0.2) is 6.10 Å². The van der Waals surface area contributed by atoms with Crippen molar-refractivity contribution in [1.29, 1.82) is 0 Å². The Balaban J connectivity index is 4.33. The Kier molecular flexibility index (Phi) is 44.4. The third-order valence-electron chi connectivity index (χ3n) is 10.6. The number of ether oxygens (including phenoxy) is 3. The lowest BCUT2D eigenvalue weighted by Gasteiger charge is -2.18. The van der Waals surface area contributed by atoms with Crippen LogP contribution in [0.25, 0.3) is 0 Å². The van der Waals surface area contributed by atoms with Gasteiger partial charge in [0.1, 0.15) is 13.2 Å². The van der Waals surface area contributed by atoms with Gasteiger partial charge in [-0.1, -0.05) is 198 Å². The summed E-state index contributed by atoms with van der Waals surface area (Å²) in [6, 6.07) is 0. The summed E-state index contributed by atoms with van der Waals surface area (Å²) < 4.78 is 16.7. The van der Waals surface area contributed by atoms with Gasteiger partial charge in [-0.05, 0) is 70.6 Å². The average Bonchev–Trinajstić information content (AvgIpc) is 3.21. The highest BCUT2D eigenvalue weighted by atomic mass is 16.6. The van der Waals surface area contributed by atoms with Crippen LogP contribution in [0.4, 0.5) is 0 Å². The Bertz CT molecular complexity index is 969. The second kappa shape index (κ2) is 46.3. The van der Waals surface area contributed by atoms with Crippen LogP contribution in [-0.4, -0.2) is 37.2 Å². The molecule has 0 amide bonds. The van der Waals surface area contributed by atoms with Crippen LogP contribution >= 0.6 is 0 Å². The molecule has 1 atom stereocenters. The van der Waals surface area contributed by atoms with E-state index >= 15 is 0 Å². The number of unbranched alkanes of at least 4 members (excludes halogenated alkanes) is 27. The first-order chi connectivity index (χ1) is 28.0. The highest BCUT2D eigenvalue weighted by Gasteiger charge is 2.19. The molecule has 0 aromatic carbocycles. The van der Waals surface area contributed by atoms with Gasteiger partial charge in [-0.3, -0.25) is 14.4 Å². The van der Waals surface area contributed by atoms with Crippen LogP contribution in [0.3, 0.4) is 0 Å². The highest BCUT2D eigenvalue weighted by molar-refractivity contribution is 5.71. The maximum atomic E-state index is 12.7. The minimum absolute atomic E-state index is 0.0771. The second-order valence-electron chi connectivity index (χ2n) is 16.3. The molecule has 0 rings (SSSR count). The predicted molar refractivity (Wildman–Crippen MR) is 242 cm³/mol. The molecule has 0 aliphatic carbocycles. The minimum Gasteiger partial charge on any atom is -0.462 e. The fraction of sp³-hybridized carbons (Fsp3) is 0.824. The van der Waals surface area contributed by atoms with Crippen LogP contribution in [0.1, 0.15) is 252 Å². The van der Waals surface area contributed by atoms with Gasteiger partial charge >= 0.3 is 17.9 Å². The van der Waals surface area contributed by atoms with E-state index < -0.39 is 6.10 Å². The molecule has 0 spiro atoms. The van der Waals surface area contributed by atoms with Gasteiger partial charge in [-0.15, -0.1) is 0 Å². The van der Waals surface area contributed by atoms with Crippen LogP contribution in [0.2, 0.25) is 0 Å². The molecule has 0 saturated carbocycles. The molecule has 0 radical (unpaired) electrons. The van der Waals surface area contributed by atoms with E-state index in [0.717, 1.165) is 89.9 Å². The van der Waals surface area contributed by atoms with Crippen molar-refractivity contribution in [3.05, 3.63) is 36.5 Å². The van der Waals surface area contributed by atoms with Crippen LogP contribution < -0.4 is 0 Å². The lowest BCUT2D eigenvalue weighted by atomic mass is 10.1. The van der Waals surface area contributed by atoms with E-state index in [4.69, 9.17) is 14.2 Å². The zero-order chi connectivity index (χ0) is 41.5. The molecule has 0 saturated heterocycles. The molecule has 0 aliphatic rings. The molecule has 6 heteroatoms. The SMILES string of the molecule is CC/C=C\C/C=C\CCCCCCCC(=O)OC(COC(=O)CCCCCCCCC/C=C\CCCCCCCC)COC(=O)CCCCCCCCCCCC. The summed E-state index contributed by atoms with van der Waals surface area (Å²) in [6.45, 7) is 6.50. The standard InChI is InChI=1S/C51H92O6/c1-4-7-10-13-16-19-22-24-25-26-27-28-30-32-35-38-41-44-50(53)56-47-48(46-55-49(52)43-40-37-34-31-21-18-15-12-9-6-3)57-51(54)45-42-39-36-33-29-23-20-17-14-11-8-5-2/h8,11,17,20,24-25,48H,4-7,9-10,12-16,18-19,21-23,26-47H2,1-3H3/b11-8-,20-17-,25-24-. The maximum Gasteiger partial charge on any atom is 0.306 e. The normalized spacial score (nSPS) is 12.3. The zero-order valence-electron chi connectivity index (χ0n) is 37.9. The number of allylic oxidation sites excluding steroid dienone is 6. The number of hydrogen-bond donors (Lipinski definition) is 0. The van der Waals surface area contributed by atoms with E-state index in [1.165, 1.54) is 122 Å². The van der Waals surface area contributed by atoms with Gasteiger partial charge in [0.25, 0.3) is 0 Å². The summed E-state index contributed by atoms with van der Waals surface area (Å²) in [5.41, 5.74) is 0. The predicted octanol–water partition coefficient (Wildman–Crippen LogP) is 15.8. The molecule has 0 aliphatic heterocycles. The minimum atomic E-state index is -0.775. The summed E-state index contributed by atoms with van der Waals surface area (Å²) in [6.07, 6.45) is 52.7. The van der Waals surface area contributed by atoms with Gasteiger partial charge in [-0.25, -0.2) is 0 Å². The van der Waals surface area contributed by atoms with Gasteiger partial charge in [0, 0.05) is 19.3 Å². The topological polar surface area (TPSA) is 78.9 Å². The molecular weight excluding hydrogens is 709 g/mol. The van der Waals surface area contributed by atoms with E-state index in [2.05, 4.69) is 57.2 Å². The zero-order valence-corrected chi connectivity index (χ0v) is 37.9. The van der Waals surface area contributed by atoms with E-state index in [1.54, 1.807) is 0 Å². The fourth-order valence-corrected chi connectivity index (χ4v) is 6.94. The number of carbonyl (C=O) groups excluding carboxylic acids is 3. The van der Waals surface area contributed by atoms with Gasteiger partial charge in [-0.2, -0.15) is 0 Å². The quantitative estimate of drug-likeness (QED) is 0.0264. The summed E-state index contributed by atoms with van der Waals surface area (Å²) >= 11 is 0. The number of carbonyl (C=O) groups is 3. The molecular formula is C51H92O6. The summed E-state index contributed by atoms with van der Waals surface area (Å²) in [7, 11) is 0. The van der Waals surface area contributed by atoms with E-state index in [0.29, 0.717) is 19.3 Å². The van der Waals surface area contributed by atoms with Gasteiger partial charge in [0.2, 0.25) is 0 Å². The Hall–Kier alpha value is -2.37. The van der Waals surface area contributed by atoms with Crippen molar-refractivity contribution in [1.82, 2.24) is 0 Å². The Morgan fingerprint density at radius 1 is 0.368 bits per heavy atom. The molecule has 0 aromatic rings. The van der Waals surface area contributed by atoms with Crippen molar-refractivity contribution in [2.45, 2.75) is 258 Å². The third-order valence-corrected chi connectivity index (χ3v) is 10.6. The van der Waals surface area contributed by atoms with Crippen molar-refractivity contribution >= 4 is 17.9 Å². The Labute approximate surface area is 353 Å². The molecule has 0 fully saturated rings.